The van der Waals surface area contributed by atoms with Gasteiger partial charge in [0.25, 0.3) is 0 Å². The van der Waals surface area contributed by atoms with Gasteiger partial charge < -0.3 is 9.47 Å². The number of benzene rings is 1. The van der Waals surface area contributed by atoms with E-state index in [1.807, 2.05) is 24.3 Å². The molecule has 3 rings (SSSR count). The van der Waals surface area contributed by atoms with Crippen molar-refractivity contribution in [3.63, 3.8) is 0 Å². The maximum absolute atomic E-state index is 13.0. The number of carbonyl (C=O) groups excluding carboxylic acids is 3. The minimum atomic E-state index is -0.943. The van der Waals surface area contributed by atoms with Crippen LogP contribution >= 0.6 is 11.3 Å². The molecule has 2 heterocycles. The van der Waals surface area contributed by atoms with Crippen LogP contribution < -0.4 is 0 Å². The van der Waals surface area contributed by atoms with Crippen LogP contribution in [0.5, 0.6) is 0 Å². The average Bonchev–Trinajstić information content (AvgIpc) is 3.15. The van der Waals surface area contributed by atoms with Crippen molar-refractivity contribution in [2.75, 3.05) is 6.61 Å². The lowest BCUT2D eigenvalue weighted by Crippen LogP contribution is -2.46. The quantitative estimate of drug-likeness (QED) is 0.717. The summed E-state index contributed by atoms with van der Waals surface area (Å²) in [6, 6.07) is 9.13. The number of likely N-dealkylation sites (tertiary alicyclic amines) is 1. The van der Waals surface area contributed by atoms with Crippen LogP contribution in [0.4, 0.5) is 4.79 Å². The van der Waals surface area contributed by atoms with Crippen molar-refractivity contribution >= 4 is 39.4 Å². The molecule has 1 aromatic heterocycles. The van der Waals surface area contributed by atoms with Crippen molar-refractivity contribution in [2.45, 2.75) is 52.2 Å². The highest BCUT2D eigenvalue weighted by Crippen LogP contribution is 2.34. The van der Waals surface area contributed by atoms with Gasteiger partial charge >= 0.3 is 12.1 Å². The SMILES string of the molecule is CCOC(=O)[C@H]1C[C@H](Cc2cc3ccccc3s2)C(=O)N1C(=O)OC(C)(C)C. The van der Waals surface area contributed by atoms with Gasteiger partial charge in [0, 0.05) is 15.5 Å². The van der Waals surface area contributed by atoms with E-state index in [1.165, 1.54) is 0 Å². The number of amides is 2. The van der Waals surface area contributed by atoms with Gasteiger partial charge in [0.05, 0.1) is 6.61 Å². The van der Waals surface area contributed by atoms with Gasteiger partial charge in [0.2, 0.25) is 5.91 Å². The molecule has 0 bridgehead atoms. The Bertz CT molecular complexity index is 865. The number of esters is 1. The Morgan fingerprint density at radius 2 is 1.96 bits per heavy atom. The maximum Gasteiger partial charge on any atom is 0.417 e. The molecule has 0 radical (unpaired) electrons. The predicted octanol–water partition coefficient (Wildman–Crippen LogP) is 4.16. The van der Waals surface area contributed by atoms with Crippen LogP contribution in [0.2, 0.25) is 0 Å². The summed E-state index contributed by atoms with van der Waals surface area (Å²) in [7, 11) is 0. The molecule has 7 heteroatoms. The Hall–Kier alpha value is -2.41. The Kier molecular flexibility index (Phi) is 5.74. The predicted molar refractivity (Wildman–Crippen MR) is 107 cm³/mol. The second-order valence-electron chi connectivity index (χ2n) is 7.84. The molecule has 2 amide bonds. The Balaban J connectivity index is 1.83. The highest BCUT2D eigenvalue weighted by molar-refractivity contribution is 7.19. The molecule has 2 atom stereocenters. The molecular formula is C21H25NO5S. The topological polar surface area (TPSA) is 72.9 Å². The Morgan fingerprint density at radius 3 is 2.61 bits per heavy atom. The van der Waals surface area contributed by atoms with Crippen LogP contribution in [0, 0.1) is 5.92 Å². The van der Waals surface area contributed by atoms with Crippen molar-refractivity contribution in [2.24, 2.45) is 5.92 Å². The number of hydrogen-bond acceptors (Lipinski definition) is 6. The molecule has 0 saturated carbocycles. The van der Waals surface area contributed by atoms with Crippen molar-refractivity contribution in [3.05, 3.63) is 35.2 Å². The van der Waals surface area contributed by atoms with Gasteiger partial charge in [0.15, 0.2) is 0 Å². The molecule has 1 aromatic carbocycles. The molecular weight excluding hydrogens is 378 g/mol. The lowest BCUT2D eigenvalue weighted by molar-refractivity contribution is -0.151. The summed E-state index contributed by atoms with van der Waals surface area (Å²) >= 11 is 1.62. The third kappa shape index (κ3) is 4.35. The van der Waals surface area contributed by atoms with Gasteiger partial charge in [-0.2, -0.15) is 0 Å². The first-order valence-electron chi connectivity index (χ1n) is 9.39. The van der Waals surface area contributed by atoms with Crippen LogP contribution in [0.25, 0.3) is 10.1 Å². The van der Waals surface area contributed by atoms with Crippen LogP contribution in [-0.4, -0.2) is 41.1 Å². The lowest BCUT2D eigenvalue weighted by atomic mass is 10.00. The van der Waals surface area contributed by atoms with Gasteiger partial charge in [-0.1, -0.05) is 18.2 Å². The summed E-state index contributed by atoms with van der Waals surface area (Å²) in [5, 5.41) is 1.12. The third-order valence-electron chi connectivity index (χ3n) is 4.48. The molecule has 1 saturated heterocycles. The summed E-state index contributed by atoms with van der Waals surface area (Å²) in [6.45, 7) is 7.05. The number of nitrogens with zero attached hydrogens (tertiary/aromatic N) is 1. The van der Waals surface area contributed by atoms with E-state index in [1.54, 1.807) is 39.0 Å². The van der Waals surface area contributed by atoms with Gasteiger partial charge in [0.1, 0.15) is 11.6 Å². The zero-order chi connectivity index (χ0) is 20.5. The van der Waals surface area contributed by atoms with Crippen LogP contribution in [-0.2, 0) is 25.5 Å². The number of fused-ring (bicyclic) bond motifs is 1. The first-order valence-corrected chi connectivity index (χ1v) is 10.2. The monoisotopic (exact) mass is 403 g/mol. The Morgan fingerprint density at radius 1 is 1.25 bits per heavy atom. The van der Waals surface area contributed by atoms with E-state index < -0.39 is 29.6 Å². The van der Waals surface area contributed by atoms with E-state index in [2.05, 4.69) is 6.07 Å². The van der Waals surface area contributed by atoms with Crippen LogP contribution in [0.1, 0.15) is 39.0 Å². The molecule has 1 aliphatic rings. The minimum Gasteiger partial charge on any atom is -0.464 e. The van der Waals surface area contributed by atoms with Crippen molar-refractivity contribution in [1.82, 2.24) is 4.90 Å². The van der Waals surface area contributed by atoms with E-state index in [-0.39, 0.29) is 18.9 Å². The molecule has 2 aromatic rings. The number of carbonyl (C=O) groups is 3. The van der Waals surface area contributed by atoms with E-state index in [9.17, 15) is 14.4 Å². The highest BCUT2D eigenvalue weighted by Gasteiger charge is 2.48. The van der Waals surface area contributed by atoms with Crippen LogP contribution in [0.3, 0.4) is 0 Å². The first kappa shape index (κ1) is 20.3. The van der Waals surface area contributed by atoms with Crippen LogP contribution in [0.15, 0.2) is 30.3 Å². The number of imide groups is 1. The second-order valence-corrected chi connectivity index (χ2v) is 9.01. The molecule has 6 nitrogen and oxygen atoms in total. The van der Waals surface area contributed by atoms with E-state index in [4.69, 9.17) is 9.47 Å². The summed E-state index contributed by atoms with van der Waals surface area (Å²) in [5.74, 6) is -1.42. The maximum atomic E-state index is 13.0. The summed E-state index contributed by atoms with van der Waals surface area (Å²) in [5.41, 5.74) is -0.764. The highest BCUT2D eigenvalue weighted by atomic mass is 32.1. The first-order chi connectivity index (χ1) is 13.2. The normalized spacial score (nSPS) is 19.9. The molecule has 0 unspecified atom stereocenters. The van der Waals surface area contributed by atoms with Crippen molar-refractivity contribution in [3.8, 4) is 0 Å². The number of ether oxygens (including phenoxy) is 2. The molecule has 150 valence electrons. The summed E-state index contributed by atoms with van der Waals surface area (Å²) in [6.07, 6.45) is -0.0761. The standard InChI is InChI=1S/C21H25NO5S/c1-5-26-19(24)16-12-14(18(23)22(16)20(25)27-21(2,3)4)11-15-10-13-8-6-7-9-17(13)28-15/h6-10,14,16H,5,11-12H2,1-4H3/t14-,16+/m0/s1. The lowest BCUT2D eigenvalue weighted by Gasteiger charge is -2.26. The number of thiophene rings is 1. The average molecular weight is 404 g/mol. The van der Waals surface area contributed by atoms with Gasteiger partial charge in [-0.15, -0.1) is 11.3 Å². The van der Waals surface area contributed by atoms with E-state index in [0.717, 1.165) is 19.9 Å². The van der Waals surface area contributed by atoms with Gasteiger partial charge in [-0.3, -0.25) is 4.79 Å². The fourth-order valence-corrected chi connectivity index (χ4v) is 4.49. The minimum absolute atomic E-state index is 0.187. The largest absolute Gasteiger partial charge is 0.464 e. The number of hydrogen-bond donors (Lipinski definition) is 0. The molecule has 0 aliphatic carbocycles. The van der Waals surface area contributed by atoms with E-state index >= 15 is 0 Å². The van der Waals surface area contributed by atoms with E-state index in [0.29, 0.717) is 6.42 Å². The number of rotatable bonds is 4. The van der Waals surface area contributed by atoms with Crippen molar-refractivity contribution < 1.29 is 23.9 Å². The van der Waals surface area contributed by atoms with Crippen molar-refractivity contribution in [1.29, 1.82) is 0 Å². The molecule has 0 N–H and O–H groups in total. The Labute approximate surface area is 168 Å². The molecule has 28 heavy (non-hydrogen) atoms. The molecule has 1 fully saturated rings. The zero-order valence-electron chi connectivity index (χ0n) is 16.6. The smallest absolute Gasteiger partial charge is 0.417 e. The molecule has 1 aliphatic heterocycles. The second kappa shape index (κ2) is 7.91. The fourth-order valence-electron chi connectivity index (χ4n) is 3.35. The summed E-state index contributed by atoms with van der Waals surface area (Å²) < 4.78 is 11.6. The van der Waals surface area contributed by atoms with Gasteiger partial charge in [-0.05, 0) is 58.1 Å². The van der Waals surface area contributed by atoms with Gasteiger partial charge in [-0.25, -0.2) is 14.5 Å². The fraction of sp³-hybridized carbons (Fsp3) is 0.476. The third-order valence-corrected chi connectivity index (χ3v) is 5.62. The molecule has 0 spiro atoms. The summed E-state index contributed by atoms with van der Waals surface area (Å²) in [4.78, 5) is 40.0. The zero-order valence-corrected chi connectivity index (χ0v) is 17.4.